The third kappa shape index (κ3) is 3.86. The number of carboxylic acids is 1. The van der Waals surface area contributed by atoms with Gasteiger partial charge in [-0.1, -0.05) is 0 Å². The summed E-state index contributed by atoms with van der Waals surface area (Å²) in [5, 5.41) is 11.0. The summed E-state index contributed by atoms with van der Waals surface area (Å²) in [6.07, 6.45) is -2.68. The van der Waals surface area contributed by atoms with Crippen molar-refractivity contribution in [3.05, 3.63) is 23.9 Å². The molecule has 0 radical (unpaired) electrons. The van der Waals surface area contributed by atoms with Crippen molar-refractivity contribution in [1.82, 2.24) is 10.3 Å². The minimum absolute atomic E-state index is 0.00107. The molecular weight excluding hydrogens is 303 g/mol. The van der Waals surface area contributed by atoms with E-state index in [1.54, 1.807) is 4.90 Å². The quantitative estimate of drug-likeness (QED) is 0.874. The molecule has 2 N–H and O–H groups in total. The average molecular weight is 317 g/mol. The van der Waals surface area contributed by atoms with Crippen LogP contribution in [0.2, 0.25) is 0 Å². The van der Waals surface area contributed by atoms with Crippen LogP contribution in [0.15, 0.2) is 18.3 Å². The number of nitrogens with one attached hydrogen (secondary N) is 1. The molecule has 1 amide bonds. The number of nitrogens with zero attached hydrogens (tertiary/aromatic N) is 2. The first-order valence-electron chi connectivity index (χ1n) is 6.55. The molecule has 2 rings (SSSR count). The number of carbonyl (C=O) groups is 2. The molecule has 1 aliphatic heterocycles. The van der Waals surface area contributed by atoms with Crippen molar-refractivity contribution in [3.8, 4) is 0 Å². The fourth-order valence-electron chi connectivity index (χ4n) is 2.31. The lowest BCUT2D eigenvalue weighted by Gasteiger charge is -2.19. The number of aromatic nitrogens is 1. The Morgan fingerprint density at radius 2 is 2.18 bits per heavy atom. The van der Waals surface area contributed by atoms with Gasteiger partial charge in [0.15, 0.2) is 0 Å². The number of hydrogen-bond donors (Lipinski definition) is 2. The van der Waals surface area contributed by atoms with E-state index < -0.39 is 30.5 Å². The zero-order chi connectivity index (χ0) is 16.3. The molecule has 1 aliphatic rings. The van der Waals surface area contributed by atoms with Gasteiger partial charge < -0.3 is 15.3 Å². The number of carboxylic acid groups (broad SMARTS) is 1. The van der Waals surface area contributed by atoms with E-state index in [-0.39, 0.29) is 17.9 Å². The van der Waals surface area contributed by atoms with Gasteiger partial charge in [-0.05, 0) is 18.6 Å². The maximum Gasteiger partial charge on any atom is 0.405 e. The summed E-state index contributed by atoms with van der Waals surface area (Å²) in [5.41, 5.74) is -0.00107. The van der Waals surface area contributed by atoms with Crippen molar-refractivity contribution >= 4 is 17.7 Å². The molecule has 0 spiro atoms. The van der Waals surface area contributed by atoms with E-state index in [9.17, 15) is 22.8 Å². The van der Waals surface area contributed by atoms with Crippen LogP contribution < -0.4 is 10.2 Å². The summed E-state index contributed by atoms with van der Waals surface area (Å²) in [5.74, 6) is -2.23. The molecule has 6 nitrogen and oxygen atoms in total. The Balaban J connectivity index is 2.01. The number of pyridine rings is 1. The first-order valence-corrected chi connectivity index (χ1v) is 6.55. The Morgan fingerprint density at radius 3 is 2.82 bits per heavy atom. The van der Waals surface area contributed by atoms with Crippen molar-refractivity contribution < 1.29 is 27.9 Å². The van der Waals surface area contributed by atoms with Crippen LogP contribution >= 0.6 is 0 Å². The highest BCUT2D eigenvalue weighted by atomic mass is 19.4. The second-order valence-electron chi connectivity index (χ2n) is 4.94. The highest BCUT2D eigenvalue weighted by Gasteiger charge is 2.33. The van der Waals surface area contributed by atoms with Crippen LogP contribution in [0.25, 0.3) is 0 Å². The van der Waals surface area contributed by atoms with E-state index >= 15 is 0 Å². The number of hydrogen-bond acceptors (Lipinski definition) is 4. The molecule has 1 fully saturated rings. The third-order valence-electron chi connectivity index (χ3n) is 3.34. The molecule has 1 saturated heterocycles. The standard InChI is InChI=1S/C13H14F3N3O3/c14-13(15,16)7-18-11(20)8-3-5-19(6-8)10-9(12(21)22)2-1-4-17-10/h1-2,4,8H,3,5-7H2,(H,18,20)(H,21,22). The number of amides is 1. The predicted octanol–water partition coefficient (Wildman–Crippen LogP) is 1.28. The summed E-state index contributed by atoms with van der Waals surface area (Å²) in [7, 11) is 0. The summed E-state index contributed by atoms with van der Waals surface area (Å²) in [6.45, 7) is -0.866. The van der Waals surface area contributed by atoms with E-state index in [2.05, 4.69) is 4.98 Å². The molecule has 1 unspecified atom stereocenters. The van der Waals surface area contributed by atoms with E-state index in [0.29, 0.717) is 13.0 Å². The second kappa shape index (κ2) is 6.20. The summed E-state index contributed by atoms with van der Waals surface area (Å²) in [6, 6.07) is 2.87. The van der Waals surface area contributed by atoms with Gasteiger partial charge in [-0.3, -0.25) is 4.79 Å². The molecule has 9 heteroatoms. The van der Waals surface area contributed by atoms with Gasteiger partial charge in [-0.15, -0.1) is 0 Å². The molecule has 1 aromatic rings. The van der Waals surface area contributed by atoms with Crippen LogP contribution in [-0.4, -0.2) is 47.8 Å². The number of aromatic carboxylic acids is 1. The SMILES string of the molecule is O=C(O)c1cccnc1N1CCC(C(=O)NCC(F)(F)F)C1. The van der Waals surface area contributed by atoms with Crippen molar-refractivity contribution in [2.45, 2.75) is 12.6 Å². The van der Waals surface area contributed by atoms with Crippen LogP contribution in [0.4, 0.5) is 19.0 Å². The highest BCUT2D eigenvalue weighted by molar-refractivity contribution is 5.93. The molecule has 0 aromatic carbocycles. The Morgan fingerprint density at radius 1 is 1.45 bits per heavy atom. The molecule has 22 heavy (non-hydrogen) atoms. The van der Waals surface area contributed by atoms with Gasteiger partial charge in [0.1, 0.15) is 17.9 Å². The molecule has 2 heterocycles. The van der Waals surface area contributed by atoms with Crippen LogP contribution in [-0.2, 0) is 4.79 Å². The van der Waals surface area contributed by atoms with E-state index in [1.165, 1.54) is 18.3 Å². The predicted molar refractivity (Wildman–Crippen MR) is 70.6 cm³/mol. The summed E-state index contributed by atoms with van der Waals surface area (Å²) in [4.78, 5) is 28.4. The van der Waals surface area contributed by atoms with Gasteiger partial charge in [-0.2, -0.15) is 13.2 Å². The third-order valence-corrected chi connectivity index (χ3v) is 3.34. The summed E-state index contributed by atoms with van der Waals surface area (Å²) < 4.78 is 36.3. The van der Waals surface area contributed by atoms with Gasteiger partial charge in [0.25, 0.3) is 0 Å². The molecule has 1 atom stereocenters. The number of halogens is 3. The smallest absolute Gasteiger partial charge is 0.405 e. The van der Waals surface area contributed by atoms with Crippen molar-refractivity contribution in [2.24, 2.45) is 5.92 Å². The van der Waals surface area contributed by atoms with Crippen LogP contribution in [0.5, 0.6) is 0 Å². The van der Waals surface area contributed by atoms with Gasteiger partial charge in [0.05, 0.1) is 5.92 Å². The van der Waals surface area contributed by atoms with Crippen molar-refractivity contribution in [2.75, 3.05) is 24.5 Å². The van der Waals surface area contributed by atoms with Gasteiger partial charge in [0.2, 0.25) is 5.91 Å². The Labute approximate surface area is 123 Å². The number of carbonyl (C=O) groups excluding carboxylic acids is 1. The lowest BCUT2D eigenvalue weighted by atomic mass is 10.1. The van der Waals surface area contributed by atoms with E-state index in [1.807, 2.05) is 5.32 Å². The molecule has 0 bridgehead atoms. The van der Waals surface area contributed by atoms with Crippen LogP contribution in [0.1, 0.15) is 16.8 Å². The zero-order valence-corrected chi connectivity index (χ0v) is 11.4. The fourth-order valence-corrected chi connectivity index (χ4v) is 2.31. The van der Waals surface area contributed by atoms with Gasteiger partial charge in [-0.25, -0.2) is 9.78 Å². The normalized spacial score (nSPS) is 18.3. The summed E-state index contributed by atoms with van der Waals surface area (Å²) >= 11 is 0. The highest BCUT2D eigenvalue weighted by Crippen LogP contribution is 2.25. The molecule has 0 saturated carbocycles. The lowest BCUT2D eigenvalue weighted by molar-refractivity contribution is -0.140. The maximum absolute atomic E-state index is 12.1. The maximum atomic E-state index is 12.1. The number of anilines is 1. The Kier molecular flexibility index (Phi) is 4.53. The molecule has 120 valence electrons. The van der Waals surface area contributed by atoms with Gasteiger partial charge in [0, 0.05) is 19.3 Å². The van der Waals surface area contributed by atoms with Crippen molar-refractivity contribution in [3.63, 3.8) is 0 Å². The lowest BCUT2D eigenvalue weighted by Crippen LogP contribution is -2.38. The van der Waals surface area contributed by atoms with Gasteiger partial charge >= 0.3 is 12.1 Å². The zero-order valence-electron chi connectivity index (χ0n) is 11.4. The van der Waals surface area contributed by atoms with Crippen molar-refractivity contribution in [1.29, 1.82) is 0 Å². The van der Waals surface area contributed by atoms with Crippen LogP contribution in [0, 0.1) is 5.92 Å². The largest absolute Gasteiger partial charge is 0.478 e. The van der Waals surface area contributed by atoms with E-state index in [0.717, 1.165) is 0 Å². The Bertz CT molecular complexity index is 577. The fraction of sp³-hybridized carbons (Fsp3) is 0.462. The monoisotopic (exact) mass is 317 g/mol. The minimum atomic E-state index is -4.45. The molecule has 1 aromatic heterocycles. The molecular formula is C13H14F3N3O3. The molecule has 0 aliphatic carbocycles. The second-order valence-corrected chi connectivity index (χ2v) is 4.94. The number of alkyl halides is 3. The first kappa shape index (κ1) is 16.1. The first-order chi connectivity index (χ1) is 10.3. The minimum Gasteiger partial charge on any atom is -0.478 e. The van der Waals surface area contributed by atoms with Crippen LogP contribution in [0.3, 0.4) is 0 Å². The topological polar surface area (TPSA) is 82.5 Å². The Hall–Kier alpha value is -2.32. The number of rotatable bonds is 4. The van der Waals surface area contributed by atoms with E-state index in [4.69, 9.17) is 5.11 Å². The average Bonchev–Trinajstić information content (AvgIpc) is 2.93.